The number of esters is 6. The third kappa shape index (κ3) is 25.0. The van der Waals surface area contributed by atoms with E-state index in [0.29, 0.717) is 77.4 Å². The smallest absolute Gasteiger partial charge is 0.426 e. The van der Waals surface area contributed by atoms with Crippen LogP contribution in [0.4, 0.5) is 26.3 Å². The Morgan fingerprint density at radius 1 is 0.228 bits per heavy atom. The lowest BCUT2D eigenvalue weighted by molar-refractivity contribution is -0.189. The van der Waals surface area contributed by atoms with E-state index in [1.165, 1.54) is 209 Å². The molecule has 6 heterocycles. The Morgan fingerprint density at radius 3 is 0.551 bits per heavy atom. The lowest BCUT2D eigenvalue weighted by atomic mass is 10.1. The van der Waals surface area contributed by atoms with Crippen molar-refractivity contribution in [2.24, 2.45) is 11.8 Å². The van der Waals surface area contributed by atoms with Gasteiger partial charge in [0.05, 0.1) is 11.8 Å². The van der Waals surface area contributed by atoms with Gasteiger partial charge >= 0.3 is 48.2 Å². The fourth-order valence-corrected chi connectivity index (χ4v) is 31.4. The summed E-state index contributed by atoms with van der Waals surface area (Å²) in [5, 5.41) is 12.1. The second-order valence-electron chi connectivity index (χ2n) is 32.5. The van der Waals surface area contributed by atoms with Crippen molar-refractivity contribution in [3.8, 4) is 34.5 Å². The van der Waals surface area contributed by atoms with E-state index in [0.717, 1.165) is 65.1 Å². The standard InChI is InChI=1S/C19H23O2S.C18H21O2S.C17H16F3O2S.C17H19O2S.C16H14F3O2S.C16H17O2S/c1-14(2)19(20)21-17-10-11-18(22-12-6-3-7-13-22)16-9-5-4-8-15(16)17;1-13(2)18(19)20-16-9-10-17(21-11-5-6-12-21)15-8-4-3-7-14(15)16;18-17(19,20)16(21)22-14-8-9-15(23-10-4-1-5-11-23)13-7-3-2-6-12(13)14;1-13(18)19-16-9-10-17(20-11-5-2-6-12-20)15-8-4-3-7-14(15)16;17-16(18,19)15(20)21-13-7-8-14(22-9-3-4-10-22)12-6-2-1-5-11(12)13;1-12(17)18-15-8-9-16(19-10-4-5-11-19)14-7-3-2-6-13(14)15/h4-5,8-11,14H,3,6-7,12-13H2,1-2H3;3-4,7-10,13H,5-6,11-12H2,1-2H3;2-3,6-9H,1,4-5,10-11H2;3-4,7-10H,2,5-6,11-12H2,1H3;1-2,5-8H,3-4,9-10H2;2-3,6-9H,4-5,10-11H2,1H3/q6*+1. The van der Waals surface area contributed by atoms with E-state index in [1.807, 2.05) is 119 Å². The van der Waals surface area contributed by atoms with Crippen molar-refractivity contribution >= 4 is 166 Å². The largest absolute Gasteiger partial charge is 0.491 e. The summed E-state index contributed by atoms with van der Waals surface area (Å²) in [6.45, 7) is 10.3. The number of carbonyl (C=O) groups is 6. The lowest BCUT2D eigenvalue weighted by Crippen LogP contribution is -2.28. The van der Waals surface area contributed by atoms with Crippen LogP contribution >= 0.6 is 0 Å². The Kier molecular flexibility index (Phi) is 34.0. The van der Waals surface area contributed by atoms with Crippen molar-refractivity contribution in [3.63, 3.8) is 0 Å². The number of alkyl halides is 6. The van der Waals surface area contributed by atoms with Gasteiger partial charge in [0, 0.05) is 144 Å². The molecule has 18 rings (SSSR count). The van der Waals surface area contributed by atoms with Crippen molar-refractivity contribution < 1.29 is 83.5 Å². The first kappa shape index (κ1) is 95.3. The highest BCUT2D eigenvalue weighted by Crippen LogP contribution is 2.43. The fourth-order valence-electron chi connectivity index (χ4n) is 16.4. The van der Waals surface area contributed by atoms with Crippen molar-refractivity contribution in [1.82, 2.24) is 0 Å². The van der Waals surface area contributed by atoms with Crippen LogP contribution in [0.15, 0.2) is 248 Å². The molecule has 0 aromatic heterocycles. The van der Waals surface area contributed by atoms with Crippen molar-refractivity contribution in [2.75, 3.05) is 69.0 Å². The minimum absolute atomic E-state index is 0.0349. The molecule has 6 saturated heterocycles. The molecule has 12 nitrogen and oxygen atoms in total. The van der Waals surface area contributed by atoms with Gasteiger partial charge in [0.25, 0.3) is 0 Å². The maximum absolute atomic E-state index is 12.4. The number of benzene rings is 12. The Bertz CT molecular complexity index is 5840. The van der Waals surface area contributed by atoms with Gasteiger partial charge in [-0.3, -0.25) is 19.2 Å². The number of halogens is 6. The lowest BCUT2D eigenvalue weighted by Gasteiger charge is -2.16. The molecule has 6 aliphatic heterocycles. The molecule has 0 amide bonds. The van der Waals surface area contributed by atoms with Gasteiger partial charge < -0.3 is 28.4 Å². The molecule has 0 atom stereocenters. The second-order valence-corrected chi connectivity index (χ2v) is 45.9. The zero-order chi connectivity index (χ0) is 89.7. The topological polar surface area (TPSA) is 158 Å². The zero-order valence-corrected chi connectivity index (χ0v) is 77.5. The number of rotatable bonds is 14. The van der Waals surface area contributed by atoms with Crippen molar-refractivity contribution in [3.05, 3.63) is 218 Å². The Morgan fingerprint density at radius 2 is 0.386 bits per heavy atom. The predicted molar refractivity (Wildman–Crippen MR) is 512 cm³/mol. The fraction of sp³-hybridized carbons (Fsp3) is 0.359. The molecule has 666 valence electrons. The normalized spacial score (nSPS) is 16.1. The van der Waals surface area contributed by atoms with Gasteiger partial charge in [0.2, 0.25) is 0 Å². The SMILES string of the molecule is CC(=O)Oc1ccc([S+]2CCCC2)c2ccccc12.CC(=O)Oc1ccc([S+]2CCCCC2)c2ccccc12.CC(C)C(=O)Oc1ccc([S+]2CCCC2)c2ccccc12.CC(C)C(=O)Oc1ccc([S+]2CCCCC2)c2ccccc12.O=C(Oc1ccc([S+]2CCCC2)c2ccccc12)C(F)(F)F.O=C(Oc1ccc([S+]2CCCCC2)c2ccccc12)C(F)(F)F. The molecule has 0 spiro atoms. The summed E-state index contributed by atoms with van der Waals surface area (Å²) >= 11 is 0. The number of hydrogen-bond donors (Lipinski definition) is 0. The molecule has 24 heteroatoms. The quantitative estimate of drug-likeness (QED) is 0.0440. The first-order chi connectivity index (χ1) is 61.3. The average Bonchev–Trinajstić information content (AvgIpc) is 1.23. The molecule has 0 N–H and O–H groups in total. The van der Waals surface area contributed by atoms with E-state index in [1.54, 1.807) is 30.3 Å². The van der Waals surface area contributed by atoms with Gasteiger partial charge in [-0.15, -0.1) is 0 Å². The molecule has 6 aliphatic rings. The van der Waals surface area contributed by atoms with Crippen LogP contribution in [0.5, 0.6) is 34.5 Å². The van der Waals surface area contributed by atoms with Crippen LogP contribution in [0, 0.1) is 11.8 Å². The third-order valence-electron chi connectivity index (χ3n) is 22.6. The van der Waals surface area contributed by atoms with E-state index in [9.17, 15) is 55.1 Å². The van der Waals surface area contributed by atoms with Crippen molar-refractivity contribution in [1.29, 1.82) is 0 Å². The van der Waals surface area contributed by atoms with Gasteiger partial charge in [-0.1, -0.05) is 137 Å². The predicted octanol–water partition coefficient (Wildman–Crippen LogP) is 24.7. The summed E-state index contributed by atoms with van der Waals surface area (Å²) < 4.78 is 105. The van der Waals surface area contributed by atoms with Crippen LogP contribution in [0.25, 0.3) is 64.6 Å². The molecule has 6 fully saturated rings. The number of fused-ring (bicyclic) bond motifs is 6. The van der Waals surface area contributed by atoms with Crippen LogP contribution < -0.4 is 28.4 Å². The molecular formula is C103H110F6O12S6+6. The Balaban J connectivity index is 0.000000131. The van der Waals surface area contributed by atoms with Gasteiger partial charge in [0.15, 0.2) is 29.4 Å². The maximum Gasteiger partial charge on any atom is 0.491 e. The molecule has 0 radical (unpaired) electrons. The number of hydrogen-bond acceptors (Lipinski definition) is 12. The van der Waals surface area contributed by atoms with Crippen LogP contribution in [0.3, 0.4) is 0 Å². The summed E-state index contributed by atoms with van der Waals surface area (Å²) in [6, 6.07) is 70.6. The van der Waals surface area contributed by atoms with Gasteiger partial charge in [-0.2, -0.15) is 26.3 Å². The molecular weight excluding hydrogens is 1740 g/mol. The Hall–Kier alpha value is -9.30. The summed E-state index contributed by atoms with van der Waals surface area (Å²) in [5.74, 6) is 12.1. The van der Waals surface area contributed by atoms with Gasteiger partial charge in [0.1, 0.15) is 104 Å². The second kappa shape index (κ2) is 45.3. The van der Waals surface area contributed by atoms with Crippen LogP contribution in [0.1, 0.15) is 138 Å². The first-order valence-electron chi connectivity index (χ1n) is 43.8. The molecule has 0 aliphatic carbocycles. The van der Waals surface area contributed by atoms with Gasteiger partial charge in [-0.25, -0.2) is 9.59 Å². The monoisotopic (exact) mass is 1840 g/mol. The van der Waals surface area contributed by atoms with Crippen LogP contribution in [-0.2, 0) is 94.1 Å². The Labute approximate surface area is 757 Å². The summed E-state index contributed by atoms with van der Waals surface area (Å²) in [6.07, 6.45) is 9.40. The molecule has 0 saturated carbocycles. The minimum atomic E-state index is -5.00. The molecule has 12 aromatic rings. The van der Waals surface area contributed by atoms with E-state index in [4.69, 9.17) is 18.9 Å². The van der Waals surface area contributed by atoms with Crippen molar-refractivity contribution in [2.45, 2.75) is 180 Å². The highest BCUT2D eigenvalue weighted by atomic mass is 32.2. The summed E-state index contributed by atoms with van der Waals surface area (Å²) in [7, 11) is 1.69. The molecule has 0 bridgehead atoms. The number of carbonyl (C=O) groups excluding carboxylic acids is 6. The highest BCUT2D eigenvalue weighted by molar-refractivity contribution is 7.98. The highest BCUT2D eigenvalue weighted by Gasteiger charge is 2.44. The summed E-state index contributed by atoms with van der Waals surface area (Å²) in [5.41, 5.74) is 0. The van der Waals surface area contributed by atoms with Crippen LogP contribution in [-0.4, -0.2) is 117 Å². The number of ether oxygens (including phenoxy) is 6. The summed E-state index contributed by atoms with van der Waals surface area (Å²) in [4.78, 5) is 76.5. The molecule has 12 aromatic carbocycles. The molecule has 0 unspecified atom stereocenters. The van der Waals surface area contributed by atoms with E-state index >= 15 is 0 Å². The minimum Gasteiger partial charge on any atom is -0.426 e. The average molecular weight is 1850 g/mol. The van der Waals surface area contributed by atoms with E-state index in [-0.39, 0.29) is 69.0 Å². The van der Waals surface area contributed by atoms with Gasteiger partial charge in [-0.05, 0) is 206 Å². The third-order valence-corrected chi connectivity index (χ3v) is 37.9. The van der Waals surface area contributed by atoms with Crippen LogP contribution in [0.2, 0.25) is 0 Å². The zero-order valence-electron chi connectivity index (χ0n) is 72.6. The maximum atomic E-state index is 12.4. The molecule has 127 heavy (non-hydrogen) atoms. The van der Waals surface area contributed by atoms with E-state index < -0.39 is 24.3 Å². The van der Waals surface area contributed by atoms with E-state index in [2.05, 4.69) is 94.4 Å². The first-order valence-corrected chi connectivity index (χ1v) is 53.2.